The standard InChI is InChI=1S/C32H31N5O4/c1-22-13-15-23(16-14-22)20-36(30(38)21-37-28-12-8-7-11-26(28)34-35-37)31(24-9-5-4-6-10-24)32(39)33-27-18-17-25(40-2)19-29(27)41-3/h4-19,31H,20-21H2,1-3H3,(H,33,39). The molecular formula is C32H31N5O4. The predicted octanol–water partition coefficient (Wildman–Crippen LogP) is 5.17. The number of aromatic nitrogens is 3. The van der Waals surface area contributed by atoms with Gasteiger partial charge in [0.15, 0.2) is 0 Å². The number of rotatable bonds is 10. The predicted molar refractivity (Wildman–Crippen MR) is 157 cm³/mol. The van der Waals surface area contributed by atoms with Crippen LogP contribution in [0, 0.1) is 6.92 Å². The summed E-state index contributed by atoms with van der Waals surface area (Å²) in [5.74, 6) is 0.362. The Labute approximate surface area is 238 Å². The first-order valence-electron chi connectivity index (χ1n) is 13.2. The number of carbonyl (C=O) groups is 2. The zero-order chi connectivity index (χ0) is 28.8. The largest absolute Gasteiger partial charge is 0.497 e. The number of nitrogens with one attached hydrogen (secondary N) is 1. The van der Waals surface area contributed by atoms with Gasteiger partial charge >= 0.3 is 0 Å². The molecule has 1 unspecified atom stereocenters. The Bertz CT molecular complexity index is 1650. The highest BCUT2D eigenvalue weighted by molar-refractivity contribution is 5.99. The normalized spacial score (nSPS) is 11.6. The Morgan fingerprint density at radius 3 is 2.37 bits per heavy atom. The van der Waals surface area contributed by atoms with Gasteiger partial charge in [-0.3, -0.25) is 9.59 Å². The van der Waals surface area contributed by atoms with Gasteiger partial charge in [0, 0.05) is 12.6 Å². The van der Waals surface area contributed by atoms with Gasteiger partial charge in [-0.1, -0.05) is 77.5 Å². The summed E-state index contributed by atoms with van der Waals surface area (Å²) in [6, 6.07) is 28.8. The number of methoxy groups -OCH3 is 2. The number of benzene rings is 4. The molecule has 0 aliphatic rings. The highest BCUT2D eigenvalue weighted by Crippen LogP contribution is 2.32. The lowest BCUT2D eigenvalue weighted by molar-refractivity contribution is -0.140. The van der Waals surface area contributed by atoms with Crippen molar-refractivity contribution in [3.63, 3.8) is 0 Å². The molecule has 0 aliphatic heterocycles. The third kappa shape index (κ3) is 6.19. The second-order valence-electron chi connectivity index (χ2n) is 9.61. The van der Waals surface area contributed by atoms with Crippen molar-refractivity contribution < 1.29 is 19.1 Å². The van der Waals surface area contributed by atoms with Crippen molar-refractivity contribution in [3.8, 4) is 11.5 Å². The number of para-hydroxylation sites is 1. The number of hydrogen-bond acceptors (Lipinski definition) is 6. The minimum atomic E-state index is -0.952. The van der Waals surface area contributed by atoms with E-state index in [9.17, 15) is 9.59 Å². The van der Waals surface area contributed by atoms with Crippen LogP contribution in [0.25, 0.3) is 11.0 Å². The lowest BCUT2D eigenvalue weighted by Crippen LogP contribution is -2.42. The van der Waals surface area contributed by atoms with E-state index in [0.717, 1.165) is 16.6 Å². The molecule has 41 heavy (non-hydrogen) atoms. The maximum absolute atomic E-state index is 14.1. The molecule has 9 heteroatoms. The Morgan fingerprint density at radius 1 is 0.902 bits per heavy atom. The van der Waals surface area contributed by atoms with Gasteiger partial charge < -0.3 is 19.7 Å². The van der Waals surface area contributed by atoms with E-state index in [2.05, 4.69) is 15.6 Å². The first-order chi connectivity index (χ1) is 20.0. The minimum Gasteiger partial charge on any atom is -0.497 e. The van der Waals surface area contributed by atoms with E-state index in [0.29, 0.717) is 28.3 Å². The quantitative estimate of drug-likeness (QED) is 0.258. The van der Waals surface area contributed by atoms with Crippen molar-refractivity contribution in [2.75, 3.05) is 19.5 Å². The fourth-order valence-corrected chi connectivity index (χ4v) is 4.68. The van der Waals surface area contributed by atoms with Gasteiger partial charge in [-0.2, -0.15) is 0 Å². The Morgan fingerprint density at radius 2 is 1.63 bits per heavy atom. The monoisotopic (exact) mass is 549 g/mol. The molecule has 0 aliphatic carbocycles. The first-order valence-corrected chi connectivity index (χ1v) is 13.2. The van der Waals surface area contributed by atoms with Crippen molar-refractivity contribution in [2.45, 2.75) is 26.1 Å². The Hall–Kier alpha value is -5.18. The van der Waals surface area contributed by atoms with Crippen LogP contribution in [0.1, 0.15) is 22.7 Å². The van der Waals surface area contributed by atoms with Crippen molar-refractivity contribution in [3.05, 3.63) is 114 Å². The molecule has 0 fully saturated rings. The summed E-state index contributed by atoms with van der Waals surface area (Å²) in [6.45, 7) is 2.12. The molecule has 5 rings (SSSR count). The zero-order valence-electron chi connectivity index (χ0n) is 23.2. The molecule has 9 nitrogen and oxygen atoms in total. The van der Waals surface area contributed by atoms with Crippen LogP contribution in [0.3, 0.4) is 0 Å². The second-order valence-corrected chi connectivity index (χ2v) is 9.61. The first kappa shape index (κ1) is 27.4. The molecule has 2 amide bonds. The van der Waals surface area contributed by atoms with Crippen LogP contribution in [-0.2, 0) is 22.7 Å². The molecule has 1 atom stereocenters. The van der Waals surface area contributed by atoms with Gasteiger partial charge in [0.25, 0.3) is 5.91 Å². The third-order valence-electron chi connectivity index (χ3n) is 6.84. The van der Waals surface area contributed by atoms with E-state index in [1.165, 1.54) is 7.11 Å². The van der Waals surface area contributed by atoms with Gasteiger partial charge in [0.1, 0.15) is 29.6 Å². The molecule has 1 aromatic heterocycles. The Balaban J connectivity index is 1.54. The number of nitrogens with zero attached hydrogens (tertiary/aromatic N) is 4. The van der Waals surface area contributed by atoms with Gasteiger partial charge in [-0.05, 0) is 42.3 Å². The maximum Gasteiger partial charge on any atom is 0.251 e. The van der Waals surface area contributed by atoms with Crippen LogP contribution >= 0.6 is 0 Å². The number of fused-ring (bicyclic) bond motifs is 1. The van der Waals surface area contributed by atoms with Crippen LogP contribution in [0.4, 0.5) is 5.69 Å². The average Bonchev–Trinajstić information content (AvgIpc) is 3.41. The summed E-state index contributed by atoms with van der Waals surface area (Å²) in [7, 11) is 3.08. The fraction of sp³-hybridized carbons (Fsp3) is 0.188. The lowest BCUT2D eigenvalue weighted by Gasteiger charge is -2.32. The molecule has 208 valence electrons. The fourth-order valence-electron chi connectivity index (χ4n) is 4.68. The van der Waals surface area contributed by atoms with Crippen molar-refractivity contribution in [2.24, 2.45) is 0 Å². The SMILES string of the molecule is COc1ccc(NC(=O)C(c2ccccc2)N(Cc2ccc(C)cc2)C(=O)Cn2nnc3ccccc32)c(OC)c1. The van der Waals surface area contributed by atoms with E-state index in [1.54, 1.807) is 34.9 Å². The van der Waals surface area contributed by atoms with Crippen molar-refractivity contribution in [1.82, 2.24) is 19.9 Å². The minimum absolute atomic E-state index is 0.0884. The lowest BCUT2D eigenvalue weighted by atomic mass is 10.0. The van der Waals surface area contributed by atoms with Gasteiger partial charge in [0.05, 0.1) is 25.4 Å². The summed E-state index contributed by atoms with van der Waals surface area (Å²) in [4.78, 5) is 29.8. The van der Waals surface area contributed by atoms with Crippen LogP contribution in [0.5, 0.6) is 11.5 Å². The summed E-state index contributed by atoms with van der Waals surface area (Å²) in [5.41, 5.74) is 4.55. The van der Waals surface area contributed by atoms with Crippen LogP contribution in [0.2, 0.25) is 0 Å². The molecule has 0 saturated carbocycles. The van der Waals surface area contributed by atoms with E-state index in [1.807, 2.05) is 85.8 Å². The van der Waals surface area contributed by atoms with Gasteiger partial charge in [0.2, 0.25) is 5.91 Å². The number of aryl methyl sites for hydroxylation is 1. The maximum atomic E-state index is 14.1. The van der Waals surface area contributed by atoms with Gasteiger partial charge in [-0.25, -0.2) is 4.68 Å². The number of ether oxygens (including phenoxy) is 2. The summed E-state index contributed by atoms with van der Waals surface area (Å²) in [6.07, 6.45) is 0. The van der Waals surface area contributed by atoms with Crippen LogP contribution in [0.15, 0.2) is 97.1 Å². The number of anilines is 1. The molecule has 4 aromatic carbocycles. The Kier molecular flexibility index (Phi) is 8.24. The summed E-state index contributed by atoms with van der Waals surface area (Å²) >= 11 is 0. The second kappa shape index (κ2) is 12.3. The van der Waals surface area contributed by atoms with E-state index in [4.69, 9.17) is 9.47 Å². The molecule has 0 bridgehead atoms. The molecule has 1 N–H and O–H groups in total. The molecule has 0 spiro atoms. The highest BCUT2D eigenvalue weighted by Gasteiger charge is 2.32. The van der Waals surface area contributed by atoms with Crippen LogP contribution in [-0.4, -0.2) is 45.9 Å². The van der Waals surface area contributed by atoms with Crippen LogP contribution < -0.4 is 14.8 Å². The van der Waals surface area contributed by atoms with E-state index < -0.39 is 6.04 Å². The molecule has 0 radical (unpaired) electrons. The zero-order valence-corrected chi connectivity index (χ0v) is 23.2. The molecule has 5 aromatic rings. The van der Waals surface area contributed by atoms with Gasteiger partial charge in [-0.15, -0.1) is 5.10 Å². The van der Waals surface area contributed by atoms with Crippen molar-refractivity contribution in [1.29, 1.82) is 0 Å². The molecule has 1 heterocycles. The number of carbonyl (C=O) groups excluding carboxylic acids is 2. The molecular weight excluding hydrogens is 518 g/mol. The highest BCUT2D eigenvalue weighted by atomic mass is 16.5. The number of hydrogen-bond donors (Lipinski definition) is 1. The molecule has 0 saturated heterocycles. The number of amides is 2. The average molecular weight is 550 g/mol. The van der Waals surface area contributed by atoms with E-state index >= 15 is 0 Å². The summed E-state index contributed by atoms with van der Waals surface area (Å²) in [5, 5.41) is 11.4. The third-order valence-corrected chi connectivity index (χ3v) is 6.84. The van der Waals surface area contributed by atoms with E-state index in [-0.39, 0.29) is 24.9 Å². The van der Waals surface area contributed by atoms with Crippen molar-refractivity contribution >= 4 is 28.5 Å². The summed E-state index contributed by atoms with van der Waals surface area (Å²) < 4.78 is 12.4. The smallest absolute Gasteiger partial charge is 0.251 e. The topological polar surface area (TPSA) is 98.6 Å².